The first-order valence-corrected chi connectivity index (χ1v) is 9.58. The van der Waals surface area contributed by atoms with Crippen molar-refractivity contribution in [3.8, 4) is 16.9 Å². The quantitative estimate of drug-likeness (QED) is 0.561. The molecule has 2 N–H and O–H groups in total. The van der Waals surface area contributed by atoms with Crippen LogP contribution in [0.5, 0.6) is 0 Å². The molecule has 1 aliphatic rings. The molecule has 0 radical (unpaired) electrons. The highest BCUT2D eigenvalue weighted by Gasteiger charge is 2.18. The van der Waals surface area contributed by atoms with Crippen molar-refractivity contribution in [1.29, 1.82) is 0 Å². The molecule has 6 heteroatoms. The molecule has 0 atom stereocenters. The van der Waals surface area contributed by atoms with E-state index >= 15 is 0 Å². The SMILES string of the molecule is c1cc(-c2n[nH]c3ccnc(NC4CCCCC4)c23)cc(-n2cccn2)c1. The number of aromatic amines is 1. The number of rotatable bonds is 4. The average Bonchev–Trinajstić information content (AvgIpc) is 3.40. The van der Waals surface area contributed by atoms with Crippen molar-refractivity contribution in [3.63, 3.8) is 0 Å². The molecule has 0 unspecified atom stereocenters. The molecule has 5 rings (SSSR count). The van der Waals surface area contributed by atoms with Crippen molar-refractivity contribution >= 4 is 16.7 Å². The molecule has 4 aromatic rings. The standard InChI is InChI=1S/C21H22N6/c1-2-7-16(8-3-1)24-21-19-18(10-12-22-21)25-26-20(19)15-6-4-9-17(14-15)27-13-5-11-23-27/h4-6,9-14,16H,1-3,7-8H2,(H,22,24)(H,25,26). The van der Waals surface area contributed by atoms with Gasteiger partial charge in [-0.05, 0) is 37.1 Å². The summed E-state index contributed by atoms with van der Waals surface area (Å²) in [6.45, 7) is 0. The largest absolute Gasteiger partial charge is 0.367 e. The Morgan fingerprint density at radius 1 is 1.04 bits per heavy atom. The number of fused-ring (bicyclic) bond motifs is 1. The lowest BCUT2D eigenvalue weighted by Gasteiger charge is -2.23. The van der Waals surface area contributed by atoms with Gasteiger partial charge in [0.25, 0.3) is 0 Å². The molecule has 0 spiro atoms. The van der Waals surface area contributed by atoms with E-state index in [1.54, 1.807) is 6.20 Å². The maximum atomic E-state index is 4.64. The Labute approximate surface area is 157 Å². The van der Waals surface area contributed by atoms with Crippen LogP contribution in [0.15, 0.2) is 55.0 Å². The molecular formula is C21H22N6. The summed E-state index contributed by atoms with van der Waals surface area (Å²) in [7, 11) is 0. The fourth-order valence-corrected chi connectivity index (χ4v) is 3.94. The molecule has 1 saturated carbocycles. The van der Waals surface area contributed by atoms with Gasteiger partial charge in [0.2, 0.25) is 0 Å². The Kier molecular flexibility index (Phi) is 4.08. The molecule has 27 heavy (non-hydrogen) atoms. The van der Waals surface area contributed by atoms with Crippen LogP contribution >= 0.6 is 0 Å². The molecular weight excluding hydrogens is 336 g/mol. The Balaban J connectivity index is 1.57. The van der Waals surface area contributed by atoms with Crippen molar-refractivity contribution in [2.24, 2.45) is 0 Å². The predicted molar refractivity (Wildman–Crippen MR) is 107 cm³/mol. The molecule has 1 aliphatic carbocycles. The summed E-state index contributed by atoms with van der Waals surface area (Å²) in [5, 5.41) is 16.8. The van der Waals surface area contributed by atoms with Crippen molar-refractivity contribution in [2.75, 3.05) is 5.32 Å². The second-order valence-electron chi connectivity index (χ2n) is 7.13. The lowest BCUT2D eigenvalue weighted by molar-refractivity contribution is 0.462. The first-order chi connectivity index (χ1) is 13.4. The minimum absolute atomic E-state index is 0.495. The zero-order valence-corrected chi connectivity index (χ0v) is 15.1. The number of H-pyrrole nitrogens is 1. The number of pyridine rings is 1. The number of anilines is 1. The molecule has 3 aromatic heterocycles. The first kappa shape index (κ1) is 16.1. The number of nitrogens with zero attached hydrogens (tertiary/aromatic N) is 4. The van der Waals surface area contributed by atoms with Gasteiger partial charge >= 0.3 is 0 Å². The van der Waals surface area contributed by atoms with E-state index < -0.39 is 0 Å². The van der Waals surface area contributed by atoms with Gasteiger partial charge in [-0.3, -0.25) is 5.10 Å². The van der Waals surface area contributed by atoms with E-state index in [0.717, 1.165) is 33.7 Å². The van der Waals surface area contributed by atoms with E-state index in [-0.39, 0.29) is 0 Å². The summed E-state index contributed by atoms with van der Waals surface area (Å²) in [5.41, 5.74) is 3.99. The lowest BCUT2D eigenvalue weighted by atomic mass is 9.95. The van der Waals surface area contributed by atoms with Gasteiger partial charge in [-0.25, -0.2) is 9.67 Å². The third kappa shape index (κ3) is 3.07. The summed E-state index contributed by atoms with van der Waals surface area (Å²) in [6.07, 6.45) is 11.9. The van der Waals surface area contributed by atoms with Crippen LogP contribution in [0.25, 0.3) is 27.8 Å². The van der Waals surface area contributed by atoms with Crippen molar-refractivity contribution in [3.05, 3.63) is 55.0 Å². The number of hydrogen-bond acceptors (Lipinski definition) is 4. The van der Waals surface area contributed by atoms with Gasteiger partial charge in [-0.2, -0.15) is 10.2 Å². The summed E-state index contributed by atoms with van der Waals surface area (Å²) < 4.78 is 1.86. The van der Waals surface area contributed by atoms with Crippen molar-refractivity contribution in [2.45, 2.75) is 38.1 Å². The van der Waals surface area contributed by atoms with Gasteiger partial charge in [0.1, 0.15) is 11.5 Å². The van der Waals surface area contributed by atoms with Gasteiger partial charge < -0.3 is 5.32 Å². The molecule has 1 aromatic carbocycles. The van der Waals surface area contributed by atoms with Crippen LogP contribution in [0.1, 0.15) is 32.1 Å². The minimum atomic E-state index is 0.495. The maximum absolute atomic E-state index is 4.64. The Morgan fingerprint density at radius 2 is 1.96 bits per heavy atom. The highest BCUT2D eigenvalue weighted by atomic mass is 15.3. The van der Waals surface area contributed by atoms with E-state index in [1.807, 2.05) is 41.3 Å². The smallest absolute Gasteiger partial charge is 0.137 e. The Morgan fingerprint density at radius 3 is 2.81 bits per heavy atom. The molecule has 0 bridgehead atoms. The van der Waals surface area contributed by atoms with Gasteiger partial charge in [0.15, 0.2) is 0 Å². The second-order valence-corrected chi connectivity index (χ2v) is 7.13. The van der Waals surface area contributed by atoms with Crippen LogP contribution < -0.4 is 5.32 Å². The summed E-state index contributed by atoms with van der Waals surface area (Å²) in [4.78, 5) is 4.64. The second kappa shape index (κ2) is 6.87. The third-order valence-electron chi connectivity index (χ3n) is 5.31. The van der Waals surface area contributed by atoms with E-state index in [9.17, 15) is 0 Å². The van der Waals surface area contributed by atoms with E-state index in [0.29, 0.717) is 6.04 Å². The van der Waals surface area contributed by atoms with Gasteiger partial charge in [0.05, 0.1) is 16.6 Å². The van der Waals surface area contributed by atoms with Crippen LogP contribution in [-0.2, 0) is 0 Å². The van der Waals surface area contributed by atoms with E-state index in [2.05, 4.69) is 37.7 Å². The monoisotopic (exact) mass is 358 g/mol. The highest BCUT2D eigenvalue weighted by molar-refractivity contribution is 6.00. The number of hydrogen-bond donors (Lipinski definition) is 2. The van der Waals surface area contributed by atoms with Crippen LogP contribution in [0.3, 0.4) is 0 Å². The maximum Gasteiger partial charge on any atom is 0.137 e. The topological polar surface area (TPSA) is 71.4 Å². The highest BCUT2D eigenvalue weighted by Crippen LogP contribution is 2.33. The lowest BCUT2D eigenvalue weighted by Crippen LogP contribution is -2.22. The number of aromatic nitrogens is 5. The summed E-state index contributed by atoms with van der Waals surface area (Å²) in [6, 6.07) is 12.7. The molecule has 6 nitrogen and oxygen atoms in total. The van der Waals surface area contributed by atoms with Crippen LogP contribution in [-0.4, -0.2) is 31.0 Å². The molecule has 0 saturated heterocycles. The fourth-order valence-electron chi connectivity index (χ4n) is 3.94. The average molecular weight is 358 g/mol. The van der Waals surface area contributed by atoms with E-state index in [1.165, 1.54) is 32.1 Å². The number of benzene rings is 1. The molecule has 0 aliphatic heterocycles. The fraction of sp³-hybridized carbons (Fsp3) is 0.286. The van der Waals surface area contributed by atoms with Crippen LogP contribution in [0, 0.1) is 0 Å². The van der Waals surface area contributed by atoms with Crippen LogP contribution in [0.4, 0.5) is 5.82 Å². The summed E-state index contributed by atoms with van der Waals surface area (Å²) in [5.74, 6) is 0.924. The molecule has 136 valence electrons. The normalized spacial score (nSPS) is 15.3. The summed E-state index contributed by atoms with van der Waals surface area (Å²) >= 11 is 0. The minimum Gasteiger partial charge on any atom is -0.367 e. The Hall–Kier alpha value is -3.15. The molecule has 0 amide bonds. The van der Waals surface area contributed by atoms with Gasteiger partial charge in [0, 0.05) is 30.2 Å². The van der Waals surface area contributed by atoms with E-state index in [4.69, 9.17) is 0 Å². The zero-order chi connectivity index (χ0) is 18.1. The van der Waals surface area contributed by atoms with Crippen LogP contribution in [0.2, 0.25) is 0 Å². The van der Waals surface area contributed by atoms with Crippen molar-refractivity contribution in [1.82, 2.24) is 25.0 Å². The van der Waals surface area contributed by atoms with Gasteiger partial charge in [-0.1, -0.05) is 31.4 Å². The number of nitrogens with one attached hydrogen (secondary N) is 2. The third-order valence-corrected chi connectivity index (χ3v) is 5.31. The first-order valence-electron chi connectivity index (χ1n) is 9.58. The molecule has 1 fully saturated rings. The zero-order valence-electron chi connectivity index (χ0n) is 15.1. The van der Waals surface area contributed by atoms with Gasteiger partial charge in [-0.15, -0.1) is 0 Å². The Bertz CT molecular complexity index is 1040. The molecule has 3 heterocycles. The predicted octanol–water partition coefficient (Wildman–Crippen LogP) is 4.56. The van der Waals surface area contributed by atoms with Crippen molar-refractivity contribution < 1.29 is 0 Å².